The van der Waals surface area contributed by atoms with Crippen molar-refractivity contribution in [3.63, 3.8) is 0 Å². The second-order valence-electron chi connectivity index (χ2n) is 0.139. The molecule has 7 heavy (non-hydrogen) atoms. The van der Waals surface area contributed by atoms with Crippen LogP contribution in [0, 0.1) is 0 Å². The van der Waals surface area contributed by atoms with Gasteiger partial charge < -0.3 is 0 Å². The Labute approximate surface area is 69.9 Å². The van der Waals surface area contributed by atoms with E-state index < -0.39 is 36.7 Å². The Hall–Kier alpha value is 1.21. The number of rotatable bonds is 0. The van der Waals surface area contributed by atoms with E-state index in [-0.39, 0.29) is 20.1 Å². The fourth-order valence-electron chi connectivity index (χ4n) is 0. The Bertz CT molecular complexity index is 63.7. The van der Waals surface area contributed by atoms with Crippen molar-refractivity contribution in [3.8, 4) is 0 Å². The standard InChI is InChI=1S/2Ir.4O.Ti. The van der Waals surface area contributed by atoms with E-state index in [2.05, 4.69) is 0 Å². The predicted molar refractivity (Wildman–Crippen MR) is 2.75 cm³/mol. The first-order valence-electron chi connectivity index (χ1n) is 0.680. The van der Waals surface area contributed by atoms with E-state index in [1.807, 2.05) is 0 Å². The maximum atomic E-state index is 8.50. The Balaban J connectivity index is -0.0000000400. The molecule has 4 nitrogen and oxygen atoms in total. The molecule has 0 heterocycles. The van der Waals surface area contributed by atoms with Gasteiger partial charge in [-0.25, -0.2) is 0 Å². The minimum atomic E-state index is -2.00. The average Bonchev–Trinajstić information content (AvgIpc) is 1.39. The molecule has 0 bridgehead atoms. The SMILES string of the molecule is [Ir].[O]=[Ir]=[O].[O]=[Ti]=[O]. The van der Waals surface area contributed by atoms with Crippen LogP contribution in [-0.2, 0) is 70.5 Å². The van der Waals surface area contributed by atoms with Gasteiger partial charge in [-0.3, -0.25) is 0 Å². The summed E-state index contributed by atoms with van der Waals surface area (Å²) in [6.07, 6.45) is 0. The summed E-state index contributed by atoms with van der Waals surface area (Å²) in [6.45, 7) is 0. The average molecular weight is 496 g/mol. The van der Waals surface area contributed by atoms with Gasteiger partial charge in [-0.05, 0) is 0 Å². The summed E-state index contributed by atoms with van der Waals surface area (Å²) in [5.74, 6) is 0. The van der Waals surface area contributed by atoms with E-state index in [1.54, 1.807) is 0 Å². The zero-order valence-electron chi connectivity index (χ0n) is 2.80. The maximum absolute atomic E-state index is 8.50. The molecule has 0 aliphatic carbocycles. The molecule has 0 N–H and O–H groups in total. The van der Waals surface area contributed by atoms with E-state index in [1.165, 1.54) is 0 Å². The quantitative estimate of drug-likeness (QED) is 0.425. The van der Waals surface area contributed by atoms with Gasteiger partial charge in [0.25, 0.3) is 0 Å². The third-order valence-electron chi connectivity index (χ3n) is 0. The van der Waals surface area contributed by atoms with Crippen LogP contribution in [0.4, 0.5) is 0 Å². The van der Waals surface area contributed by atoms with Crippen molar-refractivity contribution in [2.45, 2.75) is 0 Å². The first kappa shape index (κ1) is 15.7. The van der Waals surface area contributed by atoms with Crippen molar-refractivity contribution in [1.82, 2.24) is 0 Å². The fraction of sp³-hybridized carbons (Fsp3) is 0. The van der Waals surface area contributed by atoms with Crippen LogP contribution in [-0.4, -0.2) is 0 Å². The van der Waals surface area contributed by atoms with Gasteiger partial charge in [-0.1, -0.05) is 0 Å². The predicted octanol–water partition coefficient (Wildman–Crippen LogP) is -0.483. The summed E-state index contributed by atoms with van der Waals surface area (Å²) < 4.78 is 34.0. The van der Waals surface area contributed by atoms with Crippen molar-refractivity contribution in [3.05, 3.63) is 0 Å². The summed E-state index contributed by atoms with van der Waals surface area (Å²) in [5, 5.41) is 0. The van der Waals surface area contributed by atoms with E-state index in [4.69, 9.17) is 13.7 Å². The fourth-order valence-corrected chi connectivity index (χ4v) is 0. The van der Waals surface area contributed by atoms with Crippen molar-refractivity contribution >= 4 is 0 Å². The molecule has 1 radical (unpaired) electrons. The summed E-state index contributed by atoms with van der Waals surface area (Å²) in [5.41, 5.74) is 0. The van der Waals surface area contributed by atoms with Crippen LogP contribution in [0.3, 0.4) is 0 Å². The molecule has 46 valence electrons. The normalized spacial score (nSPS) is 3.43. The first-order chi connectivity index (χ1) is 2.83. The van der Waals surface area contributed by atoms with Gasteiger partial charge >= 0.3 is 50.4 Å². The van der Waals surface area contributed by atoms with E-state index >= 15 is 0 Å². The molecule has 0 atom stereocenters. The van der Waals surface area contributed by atoms with Gasteiger partial charge in [0.2, 0.25) is 0 Å². The molecule has 0 fully saturated rings. The van der Waals surface area contributed by atoms with Gasteiger partial charge in [0.05, 0.1) is 0 Å². The van der Waals surface area contributed by atoms with E-state index in [0.717, 1.165) is 0 Å². The van der Waals surface area contributed by atoms with Crippen LogP contribution >= 0.6 is 0 Å². The van der Waals surface area contributed by atoms with Crippen LogP contribution in [0.25, 0.3) is 0 Å². The Morgan fingerprint density at radius 3 is 1.14 bits per heavy atom. The molecule has 7 heteroatoms. The van der Waals surface area contributed by atoms with Crippen LogP contribution in [0.5, 0.6) is 0 Å². The molecule has 0 saturated carbocycles. The topological polar surface area (TPSA) is 68.3 Å². The second kappa shape index (κ2) is 27.0. The third-order valence-corrected chi connectivity index (χ3v) is 0. The first-order valence-corrected chi connectivity index (χ1v) is 3.91. The van der Waals surface area contributed by atoms with Gasteiger partial charge in [-0.15, -0.1) is 0 Å². The van der Waals surface area contributed by atoms with Gasteiger partial charge in [-0.2, -0.15) is 0 Å². The molecule has 0 amide bonds. The number of hydrogen-bond donors (Lipinski definition) is 0. The molecule has 0 rings (SSSR count). The molecule has 0 saturated heterocycles. The Morgan fingerprint density at radius 1 is 1.14 bits per heavy atom. The molecule has 0 aromatic heterocycles. The molecule has 0 aromatic rings. The molecule has 0 spiro atoms. The van der Waals surface area contributed by atoms with Crippen molar-refractivity contribution < 1.29 is 70.5 Å². The van der Waals surface area contributed by atoms with Crippen LogP contribution in [0.2, 0.25) is 0 Å². The van der Waals surface area contributed by atoms with Crippen LogP contribution in [0.1, 0.15) is 0 Å². The van der Waals surface area contributed by atoms with Gasteiger partial charge in [0.15, 0.2) is 0 Å². The molecule has 0 aliphatic heterocycles. The minimum absolute atomic E-state index is 0. The summed E-state index contributed by atoms with van der Waals surface area (Å²) in [4.78, 5) is 0. The molecule has 0 unspecified atom stereocenters. The van der Waals surface area contributed by atoms with E-state index in [9.17, 15) is 0 Å². The second-order valence-corrected chi connectivity index (χ2v) is 0.798. The summed E-state index contributed by atoms with van der Waals surface area (Å²) in [6, 6.07) is 0. The molecular weight excluding hydrogens is 496 g/mol. The molecule has 0 aliphatic rings. The van der Waals surface area contributed by atoms with Crippen molar-refractivity contribution in [2.24, 2.45) is 0 Å². The van der Waals surface area contributed by atoms with Gasteiger partial charge in [0, 0.05) is 20.1 Å². The van der Waals surface area contributed by atoms with Gasteiger partial charge in [0.1, 0.15) is 0 Å². The molecular formula is Ir2O4Ti. The van der Waals surface area contributed by atoms with Crippen molar-refractivity contribution in [1.29, 1.82) is 0 Å². The Morgan fingerprint density at radius 2 is 1.14 bits per heavy atom. The monoisotopic (exact) mass is 498 g/mol. The molecule has 0 aromatic carbocycles. The Kier molecular flexibility index (Phi) is 60.6. The zero-order valence-corrected chi connectivity index (χ0v) is 9.15. The van der Waals surface area contributed by atoms with E-state index in [0.29, 0.717) is 0 Å². The zero-order chi connectivity index (χ0) is 5.41. The van der Waals surface area contributed by atoms with Crippen LogP contribution < -0.4 is 0 Å². The summed E-state index contributed by atoms with van der Waals surface area (Å²) in [7, 11) is 0. The number of hydrogen-bond acceptors (Lipinski definition) is 4. The van der Waals surface area contributed by atoms with Crippen LogP contribution in [0.15, 0.2) is 0 Å². The summed E-state index contributed by atoms with van der Waals surface area (Å²) >= 11 is -4.00. The van der Waals surface area contributed by atoms with Crippen molar-refractivity contribution in [2.75, 3.05) is 0 Å². The third kappa shape index (κ3) is 133.